The Kier molecular flexibility index (Phi) is 6.00. The van der Waals surface area contributed by atoms with Crippen LogP contribution >= 0.6 is 0 Å². The van der Waals surface area contributed by atoms with E-state index in [0.29, 0.717) is 13.0 Å². The third kappa shape index (κ3) is 4.58. The van der Waals surface area contributed by atoms with E-state index in [4.69, 9.17) is 4.74 Å². The van der Waals surface area contributed by atoms with Gasteiger partial charge in [0, 0.05) is 26.2 Å². The molecular weight excluding hydrogens is 348 g/mol. The van der Waals surface area contributed by atoms with Crippen molar-refractivity contribution >= 4 is 16.7 Å². The molecule has 1 aliphatic heterocycles. The summed E-state index contributed by atoms with van der Waals surface area (Å²) in [4.78, 5) is 14.8. The SMILES string of the molecule is O=C(Cc1cccc2ccccc12)NCCN1CCO[C@H](c2ccccc2)C1. The highest BCUT2D eigenvalue weighted by Crippen LogP contribution is 2.21. The van der Waals surface area contributed by atoms with Gasteiger partial charge in [-0.05, 0) is 21.9 Å². The lowest BCUT2D eigenvalue weighted by atomic mass is 10.0. The fourth-order valence-electron chi connectivity index (χ4n) is 3.81. The highest BCUT2D eigenvalue weighted by atomic mass is 16.5. The first-order valence-electron chi connectivity index (χ1n) is 9.92. The molecule has 0 saturated carbocycles. The van der Waals surface area contributed by atoms with Gasteiger partial charge in [0.05, 0.1) is 19.1 Å². The number of ether oxygens (including phenoxy) is 1. The molecule has 4 heteroatoms. The van der Waals surface area contributed by atoms with Crippen molar-refractivity contribution < 1.29 is 9.53 Å². The molecule has 4 rings (SSSR count). The van der Waals surface area contributed by atoms with Crippen molar-refractivity contribution in [1.29, 1.82) is 0 Å². The Morgan fingerprint density at radius 1 is 1.00 bits per heavy atom. The van der Waals surface area contributed by atoms with Crippen LogP contribution in [-0.4, -0.2) is 43.6 Å². The van der Waals surface area contributed by atoms with Gasteiger partial charge in [-0.1, -0.05) is 72.8 Å². The van der Waals surface area contributed by atoms with Crippen LogP contribution in [0.1, 0.15) is 17.2 Å². The van der Waals surface area contributed by atoms with Gasteiger partial charge < -0.3 is 10.1 Å². The number of fused-ring (bicyclic) bond motifs is 1. The third-order valence-corrected chi connectivity index (χ3v) is 5.30. The zero-order valence-corrected chi connectivity index (χ0v) is 16.0. The molecule has 1 amide bonds. The quantitative estimate of drug-likeness (QED) is 0.717. The number of nitrogens with one attached hydrogen (secondary N) is 1. The molecule has 1 fully saturated rings. The summed E-state index contributed by atoms with van der Waals surface area (Å²) in [5.74, 6) is 0.0734. The maximum atomic E-state index is 12.4. The number of hydrogen-bond donors (Lipinski definition) is 1. The zero-order valence-electron chi connectivity index (χ0n) is 16.0. The lowest BCUT2D eigenvalue weighted by Crippen LogP contribution is -2.42. The van der Waals surface area contributed by atoms with Gasteiger partial charge in [0.25, 0.3) is 0 Å². The smallest absolute Gasteiger partial charge is 0.224 e. The number of morpholine rings is 1. The van der Waals surface area contributed by atoms with E-state index >= 15 is 0 Å². The van der Waals surface area contributed by atoms with Crippen molar-refractivity contribution in [2.75, 3.05) is 32.8 Å². The van der Waals surface area contributed by atoms with E-state index in [-0.39, 0.29) is 12.0 Å². The summed E-state index contributed by atoms with van der Waals surface area (Å²) < 4.78 is 5.91. The Hall–Kier alpha value is -2.69. The van der Waals surface area contributed by atoms with Crippen LogP contribution in [0.2, 0.25) is 0 Å². The van der Waals surface area contributed by atoms with Gasteiger partial charge in [0.15, 0.2) is 0 Å². The second-order valence-electron chi connectivity index (χ2n) is 7.24. The molecule has 144 valence electrons. The number of carbonyl (C=O) groups is 1. The highest BCUT2D eigenvalue weighted by Gasteiger charge is 2.21. The molecule has 1 saturated heterocycles. The van der Waals surface area contributed by atoms with Crippen LogP contribution in [0.3, 0.4) is 0 Å². The Bertz CT molecular complexity index is 921. The molecule has 0 radical (unpaired) electrons. The highest BCUT2D eigenvalue weighted by molar-refractivity contribution is 5.90. The largest absolute Gasteiger partial charge is 0.371 e. The lowest BCUT2D eigenvalue weighted by Gasteiger charge is -2.33. The molecule has 28 heavy (non-hydrogen) atoms. The minimum absolute atomic E-state index is 0.0734. The second-order valence-corrected chi connectivity index (χ2v) is 7.24. The molecule has 3 aromatic carbocycles. The van der Waals surface area contributed by atoms with E-state index in [0.717, 1.165) is 37.2 Å². The van der Waals surface area contributed by atoms with Gasteiger partial charge in [-0.2, -0.15) is 0 Å². The van der Waals surface area contributed by atoms with Gasteiger partial charge in [-0.3, -0.25) is 9.69 Å². The predicted octanol–water partition coefficient (Wildman–Crippen LogP) is 3.57. The van der Waals surface area contributed by atoms with Crippen molar-refractivity contribution in [3.8, 4) is 0 Å². The molecule has 0 spiro atoms. The molecular formula is C24H26N2O2. The summed E-state index contributed by atoms with van der Waals surface area (Å²) in [5, 5.41) is 5.40. The van der Waals surface area contributed by atoms with E-state index < -0.39 is 0 Å². The van der Waals surface area contributed by atoms with Crippen LogP contribution < -0.4 is 5.32 Å². The van der Waals surface area contributed by atoms with Crippen LogP contribution in [0.15, 0.2) is 72.8 Å². The molecule has 0 aromatic heterocycles. The first-order chi connectivity index (χ1) is 13.8. The fourth-order valence-corrected chi connectivity index (χ4v) is 3.81. The second kappa shape index (κ2) is 9.00. The maximum Gasteiger partial charge on any atom is 0.224 e. The molecule has 4 nitrogen and oxygen atoms in total. The van der Waals surface area contributed by atoms with Crippen LogP contribution in [0, 0.1) is 0 Å². The molecule has 0 bridgehead atoms. The monoisotopic (exact) mass is 374 g/mol. The van der Waals surface area contributed by atoms with E-state index in [1.165, 1.54) is 10.9 Å². The van der Waals surface area contributed by atoms with Crippen LogP contribution in [0.25, 0.3) is 10.8 Å². The standard InChI is InChI=1S/C24H26N2O2/c27-24(17-21-11-6-10-19-7-4-5-12-22(19)21)25-13-14-26-15-16-28-23(18-26)20-8-2-1-3-9-20/h1-12,23H,13-18H2,(H,25,27)/t23-/m0/s1. The normalized spacial score (nSPS) is 17.5. The summed E-state index contributed by atoms with van der Waals surface area (Å²) in [5.41, 5.74) is 2.29. The number of rotatable bonds is 6. The topological polar surface area (TPSA) is 41.6 Å². The Morgan fingerprint density at radius 2 is 1.79 bits per heavy atom. The van der Waals surface area contributed by atoms with Crippen LogP contribution in [-0.2, 0) is 16.0 Å². The van der Waals surface area contributed by atoms with E-state index in [1.54, 1.807) is 0 Å². The van der Waals surface area contributed by atoms with Crippen molar-refractivity contribution in [2.24, 2.45) is 0 Å². The molecule has 3 aromatic rings. The molecule has 0 unspecified atom stereocenters. The van der Waals surface area contributed by atoms with Crippen LogP contribution in [0.4, 0.5) is 0 Å². The predicted molar refractivity (Wildman–Crippen MR) is 112 cm³/mol. The van der Waals surface area contributed by atoms with Crippen molar-refractivity contribution in [2.45, 2.75) is 12.5 Å². The van der Waals surface area contributed by atoms with E-state index in [1.807, 2.05) is 42.5 Å². The molecule has 0 aliphatic carbocycles. The van der Waals surface area contributed by atoms with E-state index in [2.05, 4.69) is 40.5 Å². The minimum atomic E-state index is 0.0734. The van der Waals surface area contributed by atoms with E-state index in [9.17, 15) is 4.79 Å². The Balaban J connectivity index is 1.27. The Labute approximate surface area is 166 Å². The fraction of sp³-hybridized carbons (Fsp3) is 0.292. The number of hydrogen-bond acceptors (Lipinski definition) is 3. The van der Waals surface area contributed by atoms with Crippen molar-refractivity contribution in [3.63, 3.8) is 0 Å². The number of benzene rings is 3. The maximum absolute atomic E-state index is 12.4. The van der Waals surface area contributed by atoms with Crippen molar-refractivity contribution in [3.05, 3.63) is 83.9 Å². The van der Waals surface area contributed by atoms with Crippen LogP contribution in [0.5, 0.6) is 0 Å². The summed E-state index contributed by atoms with van der Waals surface area (Å²) >= 11 is 0. The van der Waals surface area contributed by atoms with Gasteiger partial charge in [-0.25, -0.2) is 0 Å². The summed E-state index contributed by atoms with van der Waals surface area (Å²) in [6.45, 7) is 3.99. The first-order valence-corrected chi connectivity index (χ1v) is 9.92. The van der Waals surface area contributed by atoms with Gasteiger partial charge in [0.2, 0.25) is 5.91 Å². The lowest BCUT2D eigenvalue weighted by molar-refractivity contribution is -0.120. The molecule has 1 N–H and O–H groups in total. The average Bonchev–Trinajstić information content (AvgIpc) is 2.75. The van der Waals surface area contributed by atoms with Gasteiger partial charge in [-0.15, -0.1) is 0 Å². The first kappa shape index (κ1) is 18.7. The van der Waals surface area contributed by atoms with Gasteiger partial charge >= 0.3 is 0 Å². The average molecular weight is 374 g/mol. The number of nitrogens with zero attached hydrogens (tertiary/aromatic N) is 1. The molecule has 1 atom stereocenters. The Morgan fingerprint density at radius 3 is 2.68 bits per heavy atom. The molecule has 1 heterocycles. The minimum Gasteiger partial charge on any atom is -0.371 e. The third-order valence-electron chi connectivity index (χ3n) is 5.30. The summed E-state index contributed by atoms with van der Waals surface area (Å²) in [6, 6.07) is 24.7. The number of carbonyl (C=O) groups excluding carboxylic acids is 1. The molecule has 1 aliphatic rings. The zero-order chi connectivity index (χ0) is 19.2. The summed E-state index contributed by atoms with van der Waals surface area (Å²) in [7, 11) is 0. The summed E-state index contributed by atoms with van der Waals surface area (Å²) in [6.07, 6.45) is 0.526. The van der Waals surface area contributed by atoms with Gasteiger partial charge in [0.1, 0.15) is 0 Å². The van der Waals surface area contributed by atoms with Crippen molar-refractivity contribution in [1.82, 2.24) is 10.2 Å². The number of amides is 1.